The number of fused-ring (bicyclic) bond motifs is 1. The first kappa shape index (κ1) is 23.7. The van der Waals surface area contributed by atoms with Gasteiger partial charge in [0.05, 0.1) is 16.6 Å². The average Bonchev–Trinajstić information content (AvgIpc) is 2.83. The minimum Gasteiger partial charge on any atom is -0.337 e. The second-order valence-electron chi connectivity index (χ2n) is 9.32. The van der Waals surface area contributed by atoms with Crippen LogP contribution in [0.25, 0.3) is 10.9 Å². The van der Waals surface area contributed by atoms with Crippen molar-refractivity contribution in [3.8, 4) is 0 Å². The fraction of sp³-hybridized carbons (Fsp3) is 0.600. The van der Waals surface area contributed by atoms with Crippen molar-refractivity contribution in [2.45, 2.75) is 43.2 Å². The lowest BCUT2D eigenvalue weighted by Gasteiger charge is -2.35. The third kappa shape index (κ3) is 5.54. The standard InChI is InChI=1S/C25H35IN4O2/c1-27-11-13-28(14-12-27)15-16-29(24(31)20-7-3-2-4-8-20)18-22-17-21-9-5-6-10-23(21)30(19-26)25(22)32/h5-6,9-10,17,20H,2-4,7-8,11-16,18-19H2,1H3. The molecule has 1 saturated heterocycles. The van der Waals surface area contributed by atoms with E-state index in [4.69, 9.17) is 0 Å². The van der Waals surface area contributed by atoms with Crippen LogP contribution >= 0.6 is 22.6 Å². The second-order valence-corrected chi connectivity index (χ2v) is 10.0. The lowest BCUT2D eigenvalue weighted by molar-refractivity contribution is -0.137. The number of carbonyl (C=O) groups excluding carboxylic acids is 1. The van der Waals surface area contributed by atoms with Crippen LogP contribution in [0.5, 0.6) is 0 Å². The first-order valence-electron chi connectivity index (χ1n) is 11.9. The molecule has 0 radical (unpaired) electrons. The number of pyridine rings is 1. The Morgan fingerprint density at radius 3 is 2.53 bits per heavy atom. The van der Waals surface area contributed by atoms with E-state index in [1.54, 1.807) is 0 Å². The SMILES string of the molecule is CN1CCN(CCN(Cc2cc3ccccc3n(CI)c2=O)C(=O)C2CCCCC2)CC1. The van der Waals surface area contributed by atoms with Gasteiger partial charge in [-0.1, -0.05) is 60.1 Å². The minimum absolute atomic E-state index is 0.0270. The molecule has 2 aliphatic rings. The van der Waals surface area contributed by atoms with Gasteiger partial charge in [0.2, 0.25) is 5.91 Å². The van der Waals surface area contributed by atoms with E-state index in [1.807, 2.05) is 33.7 Å². The van der Waals surface area contributed by atoms with Crippen molar-refractivity contribution in [1.82, 2.24) is 19.3 Å². The van der Waals surface area contributed by atoms with Crippen LogP contribution in [0.4, 0.5) is 0 Å². The molecule has 0 unspecified atom stereocenters. The van der Waals surface area contributed by atoms with E-state index in [9.17, 15) is 9.59 Å². The molecular weight excluding hydrogens is 515 g/mol. The molecular formula is C25H35IN4O2. The highest BCUT2D eigenvalue weighted by Gasteiger charge is 2.27. The van der Waals surface area contributed by atoms with Crippen LogP contribution in [0.2, 0.25) is 0 Å². The minimum atomic E-state index is 0.0270. The number of carbonyl (C=O) groups is 1. The Morgan fingerprint density at radius 1 is 1.09 bits per heavy atom. The predicted octanol–water partition coefficient (Wildman–Crippen LogP) is 3.55. The molecule has 1 aliphatic heterocycles. The molecule has 174 valence electrons. The van der Waals surface area contributed by atoms with E-state index >= 15 is 0 Å². The van der Waals surface area contributed by atoms with Gasteiger partial charge in [-0.3, -0.25) is 19.1 Å². The Morgan fingerprint density at radius 2 is 1.81 bits per heavy atom. The van der Waals surface area contributed by atoms with Crippen molar-refractivity contribution in [3.05, 3.63) is 46.2 Å². The van der Waals surface area contributed by atoms with E-state index in [1.165, 1.54) is 6.42 Å². The molecule has 4 rings (SSSR count). The third-order valence-electron chi connectivity index (χ3n) is 7.11. The zero-order valence-electron chi connectivity index (χ0n) is 19.1. The van der Waals surface area contributed by atoms with E-state index in [0.29, 0.717) is 17.6 Å². The van der Waals surface area contributed by atoms with Crippen LogP contribution in [0, 0.1) is 5.92 Å². The first-order chi connectivity index (χ1) is 15.6. The molecule has 32 heavy (non-hydrogen) atoms. The number of halogens is 1. The first-order valence-corrected chi connectivity index (χ1v) is 13.5. The van der Waals surface area contributed by atoms with E-state index in [0.717, 1.165) is 74.9 Å². The lowest BCUT2D eigenvalue weighted by atomic mass is 9.88. The summed E-state index contributed by atoms with van der Waals surface area (Å²) in [7, 11) is 2.16. The summed E-state index contributed by atoms with van der Waals surface area (Å²) >= 11 is 2.25. The molecule has 0 spiro atoms. The number of rotatable bonds is 7. The molecule has 6 nitrogen and oxygen atoms in total. The largest absolute Gasteiger partial charge is 0.337 e. The highest BCUT2D eigenvalue weighted by molar-refractivity contribution is 14.1. The van der Waals surface area contributed by atoms with Gasteiger partial charge in [-0.05, 0) is 37.4 Å². The van der Waals surface area contributed by atoms with Gasteiger partial charge >= 0.3 is 0 Å². The van der Waals surface area contributed by atoms with Crippen molar-refractivity contribution in [2.75, 3.05) is 46.3 Å². The van der Waals surface area contributed by atoms with Crippen molar-refractivity contribution in [3.63, 3.8) is 0 Å². The molecule has 1 aromatic heterocycles. The van der Waals surface area contributed by atoms with Crippen molar-refractivity contribution < 1.29 is 4.79 Å². The van der Waals surface area contributed by atoms with Crippen LogP contribution in [-0.4, -0.2) is 71.5 Å². The number of piperazine rings is 1. The summed E-state index contributed by atoms with van der Waals surface area (Å²) in [5.74, 6) is 0.357. The molecule has 1 saturated carbocycles. The molecule has 1 amide bonds. The number of hydrogen-bond donors (Lipinski definition) is 0. The Labute approximate surface area is 204 Å². The summed E-state index contributed by atoms with van der Waals surface area (Å²) in [6.07, 6.45) is 5.48. The summed E-state index contributed by atoms with van der Waals surface area (Å²) in [5.41, 5.74) is 1.71. The van der Waals surface area contributed by atoms with Crippen molar-refractivity contribution >= 4 is 39.4 Å². The summed E-state index contributed by atoms with van der Waals surface area (Å²) in [5, 5.41) is 1.06. The molecule has 0 atom stereocenters. The smallest absolute Gasteiger partial charge is 0.256 e. The van der Waals surface area contributed by atoms with Crippen LogP contribution in [-0.2, 0) is 15.9 Å². The number of hydrogen-bond acceptors (Lipinski definition) is 4. The van der Waals surface area contributed by atoms with Crippen LogP contribution < -0.4 is 5.56 Å². The Kier molecular flexibility index (Phi) is 8.23. The van der Waals surface area contributed by atoms with Gasteiger partial charge in [0, 0.05) is 50.7 Å². The van der Waals surface area contributed by atoms with E-state index in [-0.39, 0.29) is 17.4 Å². The quantitative estimate of drug-likeness (QED) is 0.391. The predicted molar refractivity (Wildman–Crippen MR) is 138 cm³/mol. The molecule has 1 aliphatic carbocycles. The zero-order valence-corrected chi connectivity index (χ0v) is 21.3. The number of amides is 1. The summed E-state index contributed by atoms with van der Waals surface area (Å²) in [4.78, 5) is 33.6. The molecule has 0 N–H and O–H groups in total. The highest BCUT2D eigenvalue weighted by Crippen LogP contribution is 2.26. The van der Waals surface area contributed by atoms with Gasteiger partial charge in [0.25, 0.3) is 5.56 Å². The number of benzene rings is 1. The van der Waals surface area contributed by atoms with Crippen LogP contribution in [0.3, 0.4) is 0 Å². The molecule has 2 aromatic rings. The fourth-order valence-electron chi connectivity index (χ4n) is 5.03. The van der Waals surface area contributed by atoms with Gasteiger partial charge in [0.1, 0.15) is 0 Å². The van der Waals surface area contributed by atoms with Crippen molar-refractivity contribution in [1.29, 1.82) is 0 Å². The fourth-order valence-corrected chi connectivity index (χ4v) is 5.71. The highest BCUT2D eigenvalue weighted by atomic mass is 127. The molecule has 2 heterocycles. The Hall–Kier alpha value is -1.45. The number of aromatic nitrogens is 1. The summed E-state index contributed by atoms with van der Waals surface area (Å²) in [6.45, 7) is 6.20. The molecule has 0 bridgehead atoms. The van der Waals surface area contributed by atoms with Gasteiger partial charge in [-0.15, -0.1) is 0 Å². The van der Waals surface area contributed by atoms with E-state index < -0.39 is 0 Å². The molecule has 7 heteroatoms. The normalized spacial score (nSPS) is 18.8. The number of para-hydroxylation sites is 1. The van der Waals surface area contributed by atoms with Gasteiger partial charge in [-0.2, -0.15) is 0 Å². The van der Waals surface area contributed by atoms with E-state index in [2.05, 4.69) is 45.5 Å². The molecule has 2 fully saturated rings. The van der Waals surface area contributed by atoms with Gasteiger partial charge in [-0.25, -0.2) is 0 Å². The molecule has 1 aromatic carbocycles. The zero-order chi connectivity index (χ0) is 22.5. The monoisotopic (exact) mass is 550 g/mol. The average molecular weight is 550 g/mol. The second kappa shape index (κ2) is 11.1. The maximum Gasteiger partial charge on any atom is 0.256 e. The maximum absolute atomic E-state index is 13.5. The topological polar surface area (TPSA) is 48.8 Å². The summed E-state index contributed by atoms with van der Waals surface area (Å²) in [6, 6.07) is 10.0. The van der Waals surface area contributed by atoms with Crippen LogP contribution in [0.15, 0.2) is 35.1 Å². The number of nitrogens with zero attached hydrogens (tertiary/aromatic N) is 4. The third-order valence-corrected chi connectivity index (χ3v) is 7.79. The Balaban J connectivity index is 1.57. The van der Waals surface area contributed by atoms with Crippen LogP contribution in [0.1, 0.15) is 37.7 Å². The Bertz CT molecular complexity index is 978. The van der Waals surface area contributed by atoms with Crippen molar-refractivity contribution in [2.24, 2.45) is 5.92 Å². The number of alkyl halides is 1. The van der Waals surface area contributed by atoms with Gasteiger partial charge in [0.15, 0.2) is 0 Å². The van der Waals surface area contributed by atoms with Gasteiger partial charge < -0.3 is 9.80 Å². The summed E-state index contributed by atoms with van der Waals surface area (Å²) < 4.78 is 2.43. The lowest BCUT2D eigenvalue weighted by Crippen LogP contribution is -2.48. The number of likely N-dealkylation sites (N-methyl/N-ethyl adjacent to an activating group) is 1. The maximum atomic E-state index is 13.5.